The molecule has 0 aliphatic carbocycles. The topological polar surface area (TPSA) is 25.8 Å². The summed E-state index contributed by atoms with van der Waals surface area (Å²) in [7, 11) is 0. The van der Waals surface area contributed by atoms with Gasteiger partial charge in [-0.3, -0.25) is 0 Å². The summed E-state index contributed by atoms with van der Waals surface area (Å²) in [6.07, 6.45) is 1.23. The zero-order valence-corrected chi connectivity index (χ0v) is 23.8. The molecule has 3 heterocycles. The van der Waals surface area contributed by atoms with Crippen molar-refractivity contribution in [3.05, 3.63) is 145 Å². The summed E-state index contributed by atoms with van der Waals surface area (Å²) < 4.78 is 157. The predicted octanol–water partition coefficient (Wildman–Crippen LogP) is 11.9. The fourth-order valence-electron chi connectivity index (χ4n) is 5.07. The molecule has 0 fully saturated rings. The maximum atomic E-state index is 9.51. The highest BCUT2D eigenvalue weighted by molar-refractivity contribution is 7.26. The summed E-state index contributed by atoms with van der Waals surface area (Å²) in [5, 5.41) is 0.741. The van der Waals surface area contributed by atoms with E-state index >= 15 is 0 Å². The van der Waals surface area contributed by atoms with Gasteiger partial charge in [-0.25, -0.2) is 9.97 Å². The molecule has 0 saturated heterocycles. The predicted molar refractivity (Wildman–Crippen MR) is 190 cm³/mol. The molecule has 6 aromatic carbocycles. The second-order valence-corrected chi connectivity index (χ2v) is 11.7. The Balaban J connectivity index is 1.24. The molecule has 0 amide bonds. The zero-order chi connectivity index (χ0) is 44.7. The standard InChI is InChI=1S/C40H24N2S2/c1-2-8-25(9-3-1)26-16-18-27(19-17-26)28-20-21-36-34(23-28)38-40(44-36)37(41-24-42-38)30-11-6-10-29(22-30)31-13-7-14-33-32-12-4-5-15-35(32)43-39(31)33/h1-24H/i1D,2D,3D,4D,5D,8D,9D,10D,11D,12D,13D,14D,15D,16D,17D,18D,19D,22D. The monoisotopic (exact) mass is 614 g/mol. The molecule has 2 nitrogen and oxygen atoms in total. The Hall–Kier alpha value is -5.16. The number of rotatable bonds is 4. The van der Waals surface area contributed by atoms with E-state index in [-0.39, 0.29) is 96.0 Å². The van der Waals surface area contributed by atoms with Crippen molar-refractivity contribution in [1.82, 2.24) is 9.97 Å². The molecule has 206 valence electrons. The number of hydrogen-bond acceptors (Lipinski definition) is 4. The van der Waals surface area contributed by atoms with Gasteiger partial charge in [0.05, 0.1) is 40.6 Å². The van der Waals surface area contributed by atoms with E-state index in [1.54, 1.807) is 18.2 Å². The molecule has 0 saturated carbocycles. The highest BCUT2D eigenvalue weighted by Gasteiger charge is 2.16. The fourth-order valence-corrected chi connectivity index (χ4v) is 7.29. The van der Waals surface area contributed by atoms with E-state index in [0.717, 1.165) is 11.3 Å². The molecule has 4 heteroatoms. The molecule has 0 atom stereocenters. The van der Waals surface area contributed by atoms with Gasteiger partial charge in [0.1, 0.15) is 6.33 Å². The van der Waals surface area contributed by atoms with Gasteiger partial charge in [-0.15, -0.1) is 22.7 Å². The van der Waals surface area contributed by atoms with Crippen LogP contribution in [0.5, 0.6) is 0 Å². The van der Waals surface area contributed by atoms with E-state index in [1.165, 1.54) is 29.8 Å². The van der Waals surface area contributed by atoms with Crippen molar-refractivity contribution in [2.75, 3.05) is 0 Å². The summed E-state index contributed by atoms with van der Waals surface area (Å²) >= 11 is 2.15. The molecule has 0 spiro atoms. The van der Waals surface area contributed by atoms with Gasteiger partial charge in [-0.2, -0.15) is 0 Å². The van der Waals surface area contributed by atoms with E-state index in [0.29, 0.717) is 20.3 Å². The van der Waals surface area contributed by atoms with Crippen LogP contribution >= 0.6 is 22.7 Å². The molecule has 44 heavy (non-hydrogen) atoms. The average Bonchev–Trinajstić information content (AvgIpc) is 3.82. The second-order valence-electron chi connectivity index (χ2n) is 9.59. The highest BCUT2D eigenvalue weighted by atomic mass is 32.1. The van der Waals surface area contributed by atoms with Crippen LogP contribution in [0.15, 0.2) is 145 Å². The molecule has 9 aromatic rings. The Morgan fingerprint density at radius 3 is 2.11 bits per heavy atom. The van der Waals surface area contributed by atoms with Crippen LogP contribution in [0.3, 0.4) is 0 Å². The van der Waals surface area contributed by atoms with Crippen molar-refractivity contribution in [1.29, 1.82) is 0 Å². The Bertz CT molecular complexity index is 3470. The van der Waals surface area contributed by atoms with Gasteiger partial charge in [-0.05, 0) is 57.6 Å². The number of thiophene rings is 2. The largest absolute Gasteiger partial charge is 0.235 e. The van der Waals surface area contributed by atoms with Crippen LogP contribution < -0.4 is 0 Å². The first-order valence-electron chi connectivity index (χ1n) is 22.2. The molecule has 0 N–H and O–H groups in total. The number of nitrogens with zero attached hydrogens (tertiary/aromatic N) is 2. The third kappa shape index (κ3) is 4.15. The lowest BCUT2D eigenvalue weighted by atomic mass is 9.99. The number of fused-ring (bicyclic) bond motifs is 6. The van der Waals surface area contributed by atoms with Gasteiger partial charge in [0.25, 0.3) is 0 Å². The maximum absolute atomic E-state index is 9.51. The van der Waals surface area contributed by atoms with E-state index < -0.39 is 77.6 Å². The molecule has 0 unspecified atom stereocenters. The quantitative estimate of drug-likeness (QED) is 0.197. The molecule has 0 aliphatic rings. The summed E-state index contributed by atoms with van der Waals surface area (Å²) in [4.78, 5) is 9.00. The first-order valence-corrected chi connectivity index (χ1v) is 14.8. The summed E-state index contributed by atoms with van der Waals surface area (Å²) in [5.74, 6) is 0. The van der Waals surface area contributed by atoms with E-state index in [2.05, 4.69) is 9.97 Å². The molecule has 0 bridgehead atoms. The zero-order valence-electron chi connectivity index (χ0n) is 40.2. The first-order chi connectivity index (χ1) is 29.3. The third-order valence-corrected chi connectivity index (χ3v) is 9.37. The van der Waals surface area contributed by atoms with Gasteiger partial charge >= 0.3 is 0 Å². The molecule has 0 aliphatic heterocycles. The first kappa shape index (κ1) is 13.2. The van der Waals surface area contributed by atoms with Crippen LogP contribution in [-0.4, -0.2) is 9.97 Å². The molecular formula is C40H24N2S2. The van der Waals surface area contributed by atoms with Crippen molar-refractivity contribution in [2.45, 2.75) is 0 Å². The van der Waals surface area contributed by atoms with Crippen molar-refractivity contribution in [3.63, 3.8) is 0 Å². The van der Waals surface area contributed by atoms with Crippen molar-refractivity contribution in [3.8, 4) is 44.6 Å². The Kier molecular flexibility index (Phi) is 3.08. The minimum absolute atomic E-state index is 0.00846. The SMILES string of the molecule is [2H]c1cc([2H])c(-c2c([2H])cc([2H])c3c2sc2c([2H])c([2H])c([2H])c([2H])c23)c([2H])c1-c1ncnc2c1sc1ccc(-c3c([2H])c([2H])c(-c4c([2H])c([2H])c([2H])c([2H])c4[2H])c([2H])c3[2H])cc12. The Morgan fingerprint density at radius 1 is 0.500 bits per heavy atom. The van der Waals surface area contributed by atoms with Gasteiger partial charge in [0.2, 0.25) is 0 Å². The molecule has 3 aromatic heterocycles. The molecule has 9 rings (SSSR count). The number of hydrogen-bond donors (Lipinski definition) is 0. The fraction of sp³-hybridized carbons (Fsp3) is 0. The highest BCUT2D eigenvalue weighted by Crippen LogP contribution is 2.42. The van der Waals surface area contributed by atoms with Crippen molar-refractivity contribution in [2.24, 2.45) is 0 Å². The van der Waals surface area contributed by atoms with Crippen LogP contribution in [0.1, 0.15) is 24.7 Å². The molecular weight excluding hydrogens is 573 g/mol. The lowest BCUT2D eigenvalue weighted by molar-refractivity contribution is 1.24. The minimum atomic E-state index is -0.683. The number of aromatic nitrogens is 2. The summed E-state index contributed by atoms with van der Waals surface area (Å²) in [6.45, 7) is 0. The van der Waals surface area contributed by atoms with Crippen molar-refractivity contribution < 1.29 is 24.7 Å². The average molecular weight is 615 g/mol. The normalized spacial score (nSPS) is 17.4. The Labute approximate surface area is 287 Å². The lowest BCUT2D eigenvalue weighted by Crippen LogP contribution is -1.87. The summed E-state index contributed by atoms with van der Waals surface area (Å²) in [5.41, 5.74) is -0.288. The van der Waals surface area contributed by atoms with Crippen LogP contribution in [0.25, 0.3) is 85.1 Å². The van der Waals surface area contributed by atoms with Crippen LogP contribution in [0.2, 0.25) is 0 Å². The van der Waals surface area contributed by atoms with E-state index in [4.69, 9.17) is 23.3 Å². The van der Waals surface area contributed by atoms with Gasteiger partial charge in [-0.1, -0.05) is 115 Å². The smallest absolute Gasteiger partial charge is 0.116 e. The van der Waals surface area contributed by atoms with Crippen LogP contribution in [0.4, 0.5) is 0 Å². The lowest BCUT2D eigenvalue weighted by Gasteiger charge is -2.07. The maximum Gasteiger partial charge on any atom is 0.116 e. The molecule has 0 radical (unpaired) electrons. The van der Waals surface area contributed by atoms with Gasteiger partial charge < -0.3 is 0 Å². The van der Waals surface area contributed by atoms with Gasteiger partial charge in [0.15, 0.2) is 0 Å². The van der Waals surface area contributed by atoms with Gasteiger partial charge in [0, 0.05) is 35.8 Å². The van der Waals surface area contributed by atoms with Crippen LogP contribution in [0, 0.1) is 0 Å². The Morgan fingerprint density at radius 2 is 1.23 bits per heavy atom. The number of benzene rings is 6. The third-order valence-electron chi connectivity index (χ3n) is 7.08. The minimum Gasteiger partial charge on any atom is -0.235 e. The van der Waals surface area contributed by atoms with Crippen molar-refractivity contribution >= 4 is 63.1 Å². The van der Waals surface area contributed by atoms with E-state index in [1.807, 2.05) is 0 Å². The summed E-state index contributed by atoms with van der Waals surface area (Å²) in [6, 6.07) is -1.21. The van der Waals surface area contributed by atoms with Crippen LogP contribution in [-0.2, 0) is 0 Å². The second kappa shape index (κ2) is 10.2. The van der Waals surface area contributed by atoms with E-state index in [9.17, 15) is 1.37 Å².